The lowest BCUT2D eigenvalue weighted by Crippen LogP contribution is -2.64. The molecule has 1 spiro atoms. The first-order valence-corrected chi connectivity index (χ1v) is 7.90. The van der Waals surface area contributed by atoms with E-state index in [0.29, 0.717) is 23.1 Å². The van der Waals surface area contributed by atoms with Gasteiger partial charge in [0, 0.05) is 36.4 Å². The first-order valence-electron chi connectivity index (χ1n) is 7.90. The summed E-state index contributed by atoms with van der Waals surface area (Å²) in [7, 11) is 1.66. The van der Waals surface area contributed by atoms with Crippen molar-refractivity contribution >= 4 is 11.6 Å². The zero-order valence-electron chi connectivity index (χ0n) is 12.8. The third-order valence-corrected chi connectivity index (χ3v) is 5.13. The van der Waals surface area contributed by atoms with Crippen LogP contribution in [-0.2, 0) is 4.74 Å². The summed E-state index contributed by atoms with van der Waals surface area (Å²) in [6, 6.07) is 8.21. The van der Waals surface area contributed by atoms with Crippen molar-refractivity contribution in [3.8, 4) is 0 Å². The predicted octanol–water partition coefficient (Wildman–Crippen LogP) is 2.81. The molecule has 2 aliphatic carbocycles. The van der Waals surface area contributed by atoms with Gasteiger partial charge < -0.3 is 15.4 Å². The minimum absolute atomic E-state index is 0.0437. The zero-order valence-corrected chi connectivity index (χ0v) is 12.8. The number of amides is 1. The molecule has 2 atom stereocenters. The molecule has 2 fully saturated rings. The largest absolute Gasteiger partial charge is 0.382 e. The van der Waals surface area contributed by atoms with Gasteiger partial charge in [-0.05, 0) is 44.4 Å². The maximum atomic E-state index is 11.7. The van der Waals surface area contributed by atoms with Gasteiger partial charge in [-0.15, -0.1) is 0 Å². The van der Waals surface area contributed by atoms with Crippen molar-refractivity contribution in [3.05, 3.63) is 29.8 Å². The Bertz CT molecular complexity index is 525. The summed E-state index contributed by atoms with van der Waals surface area (Å²) in [6.07, 6.45) is 5.29. The first kappa shape index (κ1) is 14.4. The topological polar surface area (TPSA) is 50.4 Å². The fourth-order valence-corrected chi connectivity index (χ4v) is 3.74. The second kappa shape index (κ2) is 5.68. The van der Waals surface area contributed by atoms with Crippen molar-refractivity contribution < 1.29 is 9.53 Å². The van der Waals surface area contributed by atoms with E-state index in [4.69, 9.17) is 4.74 Å². The monoisotopic (exact) mass is 288 g/mol. The average Bonchev–Trinajstić information content (AvgIpc) is 2.44. The molecule has 2 unspecified atom stereocenters. The van der Waals surface area contributed by atoms with E-state index in [2.05, 4.69) is 17.6 Å². The molecule has 0 bridgehead atoms. The van der Waals surface area contributed by atoms with Crippen LogP contribution in [0.25, 0.3) is 0 Å². The highest BCUT2D eigenvalue weighted by molar-refractivity contribution is 5.94. The Morgan fingerprint density at radius 2 is 2.24 bits per heavy atom. The summed E-state index contributed by atoms with van der Waals surface area (Å²) in [4.78, 5) is 11.7. The third kappa shape index (κ3) is 2.42. The maximum absolute atomic E-state index is 11.7. The van der Waals surface area contributed by atoms with E-state index in [1.165, 1.54) is 19.3 Å². The summed E-state index contributed by atoms with van der Waals surface area (Å²) >= 11 is 0. The lowest BCUT2D eigenvalue weighted by atomic mass is 9.51. The van der Waals surface area contributed by atoms with Crippen molar-refractivity contribution in [2.45, 2.75) is 44.8 Å². The van der Waals surface area contributed by atoms with Gasteiger partial charge in [-0.1, -0.05) is 12.5 Å². The highest BCUT2D eigenvalue weighted by Crippen LogP contribution is 2.58. The van der Waals surface area contributed by atoms with Gasteiger partial charge in [0.05, 0.1) is 6.10 Å². The molecule has 0 aliphatic heterocycles. The van der Waals surface area contributed by atoms with E-state index in [-0.39, 0.29) is 5.91 Å². The van der Waals surface area contributed by atoms with Crippen LogP contribution in [0.15, 0.2) is 24.3 Å². The number of carbonyl (C=O) groups is 1. The van der Waals surface area contributed by atoms with E-state index in [0.717, 1.165) is 18.7 Å². The summed E-state index contributed by atoms with van der Waals surface area (Å²) in [5, 5.41) is 6.28. The van der Waals surface area contributed by atoms with E-state index in [1.54, 1.807) is 7.05 Å². The molecular formula is C17H24N2O2. The van der Waals surface area contributed by atoms with Crippen molar-refractivity contribution in [2.24, 2.45) is 5.41 Å². The van der Waals surface area contributed by atoms with Crippen molar-refractivity contribution in [3.63, 3.8) is 0 Å². The van der Waals surface area contributed by atoms with E-state index >= 15 is 0 Å². The Morgan fingerprint density at radius 1 is 1.43 bits per heavy atom. The van der Waals surface area contributed by atoms with Crippen molar-refractivity contribution in [1.29, 1.82) is 0 Å². The quantitative estimate of drug-likeness (QED) is 0.876. The molecule has 0 heterocycles. The Kier molecular flexibility index (Phi) is 3.89. The molecule has 4 heteroatoms. The van der Waals surface area contributed by atoms with Crippen LogP contribution in [0, 0.1) is 5.41 Å². The number of ether oxygens (including phenoxy) is 1. The number of hydrogen-bond acceptors (Lipinski definition) is 3. The number of carbonyl (C=O) groups excluding carboxylic acids is 1. The Balaban J connectivity index is 1.69. The van der Waals surface area contributed by atoms with Gasteiger partial charge in [-0.25, -0.2) is 0 Å². The third-order valence-electron chi connectivity index (χ3n) is 5.13. The predicted molar refractivity (Wildman–Crippen MR) is 83.6 cm³/mol. The summed E-state index contributed by atoms with van der Waals surface area (Å²) in [6.45, 7) is 2.87. The smallest absolute Gasteiger partial charge is 0.251 e. The molecule has 3 rings (SSSR count). The minimum atomic E-state index is -0.0437. The van der Waals surface area contributed by atoms with Crippen LogP contribution in [0.3, 0.4) is 0 Å². The van der Waals surface area contributed by atoms with Crippen LogP contribution in [0.4, 0.5) is 5.69 Å². The molecular weight excluding hydrogens is 264 g/mol. The molecule has 0 radical (unpaired) electrons. The lowest BCUT2D eigenvalue weighted by Gasteiger charge is -2.61. The minimum Gasteiger partial charge on any atom is -0.382 e. The average molecular weight is 288 g/mol. The van der Waals surface area contributed by atoms with Crippen molar-refractivity contribution in [1.82, 2.24) is 5.32 Å². The Hall–Kier alpha value is -1.55. The van der Waals surface area contributed by atoms with E-state index in [9.17, 15) is 4.79 Å². The molecule has 1 aromatic rings. The molecule has 21 heavy (non-hydrogen) atoms. The second-order valence-electron chi connectivity index (χ2n) is 6.12. The van der Waals surface area contributed by atoms with Crippen LogP contribution in [-0.4, -0.2) is 31.7 Å². The number of nitrogens with one attached hydrogen (secondary N) is 2. The van der Waals surface area contributed by atoms with Crippen LogP contribution >= 0.6 is 0 Å². The van der Waals surface area contributed by atoms with Gasteiger partial charge >= 0.3 is 0 Å². The highest BCUT2D eigenvalue weighted by Gasteiger charge is 2.58. The Morgan fingerprint density at radius 3 is 2.86 bits per heavy atom. The first-order chi connectivity index (χ1) is 10.2. The molecule has 1 aromatic carbocycles. The van der Waals surface area contributed by atoms with Crippen LogP contribution in [0.1, 0.15) is 43.0 Å². The Labute approximate surface area is 126 Å². The number of rotatable bonds is 5. The van der Waals surface area contributed by atoms with Gasteiger partial charge in [-0.2, -0.15) is 0 Å². The van der Waals surface area contributed by atoms with E-state index in [1.807, 2.05) is 24.3 Å². The molecule has 2 aliphatic rings. The summed E-state index contributed by atoms with van der Waals surface area (Å²) in [5.41, 5.74) is 2.06. The molecule has 1 amide bonds. The number of hydrogen-bond donors (Lipinski definition) is 2. The lowest BCUT2D eigenvalue weighted by molar-refractivity contribution is -0.157. The number of anilines is 1. The van der Waals surface area contributed by atoms with Crippen LogP contribution in [0.5, 0.6) is 0 Å². The normalized spacial score (nSPS) is 25.8. The molecule has 0 aromatic heterocycles. The van der Waals surface area contributed by atoms with E-state index < -0.39 is 0 Å². The van der Waals surface area contributed by atoms with Gasteiger partial charge in [0.1, 0.15) is 0 Å². The van der Waals surface area contributed by atoms with Gasteiger partial charge in [0.2, 0.25) is 0 Å². The molecule has 2 N–H and O–H groups in total. The van der Waals surface area contributed by atoms with Crippen LogP contribution < -0.4 is 10.6 Å². The number of benzene rings is 1. The summed E-state index contributed by atoms with van der Waals surface area (Å²) in [5.74, 6) is -0.0437. The van der Waals surface area contributed by atoms with Crippen molar-refractivity contribution in [2.75, 3.05) is 19.0 Å². The zero-order chi connectivity index (χ0) is 14.9. The van der Waals surface area contributed by atoms with Gasteiger partial charge in [0.15, 0.2) is 0 Å². The standard InChI is InChI=1S/C17H24N2O2/c1-3-21-15-11-14(17(15)8-5-9-17)19-13-7-4-6-12(10-13)16(20)18-2/h4,6-7,10,14-15,19H,3,5,8-9,11H2,1-2H3,(H,18,20). The fourth-order valence-electron chi connectivity index (χ4n) is 3.74. The summed E-state index contributed by atoms with van der Waals surface area (Å²) < 4.78 is 5.88. The molecule has 4 nitrogen and oxygen atoms in total. The maximum Gasteiger partial charge on any atom is 0.251 e. The second-order valence-corrected chi connectivity index (χ2v) is 6.12. The fraction of sp³-hybridized carbons (Fsp3) is 0.588. The van der Waals surface area contributed by atoms with Gasteiger partial charge in [0.25, 0.3) is 5.91 Å². The SMILES string of the molecule is CCOC1CC(Nc2cccc(C(=O)NC)c2)C12CCC2. The highest BCUT2D eigenvalue weighted by atomic mass is 16.5. The van der Waals surface area contributed by atoms with Crippen LogP contribution in [0.2, 0.25) is 0 Å². The molecule has 114 valence electrons. The molecule has 2 saturated carbocycles. The molecule has 0 saturated heterocycles. The van der Waals surface area contributed by atoms with Gasteiger partial charge in [-0.3, -0.25) is 4.79 Å².